The molecule has 7 nitrogen and oxygen atoms in total. The molecule has 0 aliphatic carbocycles. The highest BCUT2D eigenvalue weighted by Crippen LogP contribution is 2.30. The normalized spacial score (nSPS) is 13.0. The zero-order valence-electron chi connectivity index (χ0n) is 15.3. The smallest absolute Gasteiger partial charge is 0.321 e. The molecule has 2 heterocycles. The van der Waals surface area contributed by atoms with Crippen LogP contribution in [0.25, 0.3) is 21.9 Å². The van der Waals surface area contributed by atoms with Crippen LogP contribution in [0.2, 0.25) is 0 Å². The first-order valence-electron chi connectivity index (χ1n) is 8.99. The van der Waals surface area contributed by atoms with Gasteiger partial charge in [-0.05, 0) is 48.7 Å². The van der Waals surface area contributed by atoms with Crippen LogP contribution >= 0.6 is 0 Å². The number of furan rings is 1. The summed E-state index contributed by atoms with van der Waals surface area (Å²) in [4.78, 5) is 15.6. The number of nitrogens with one attached hydrogen (secondary N) is 1. The summed E-state index contributed by atoms with van der Waals surface area (Å²) in [7, 11) is -4.04. The number of hydrogen-bond acceptors (Lipinski definition) is 5. The maximum atomic E-state index is 12.8. The average molecular weight is 410 g/mol. The molecule has 4 rings (SSSR count). The van der Waals surface area contributed by atoms with Gasteiger partial charge in [0.25, 0.3) is 0 Å². The lowest BCUT2D eigenvalue weighted by Gasteiger charge is -2.15. The summed E-state index contributed by atoms with van der Waals surface area (Å²) >= 11 is 0. The Balaban J connectivity index is 1.60. The zero-order valence-corrected chi connectivity index (χ0v) is 16.1. The van der Waals surface area contributed by atoms with Gasteiger partial charge in [-0.1, -0.05) is 24.3 Å². The number of carboxylic acids is 1. The highest BCUT2D eigenvalue weighted by Gasteiger charge is 2.26. The van der Waals surface area contributed by atoms with E-state index < -0.39 is 22.0 Å². The van der Waals surface area contributed by atoms with Crippen LogP contribution < -0.4 is 4.72 Å². The maximum absolute atomic E-state index is 12.8. The van der Waals surface area contributed by atoms with Crippen LogP contribution in [-0.4, -0.2) is 30.5 Å². The fourth-order valence-corrected chi connectivity index (χ4v) is 4.47. The van der Waals surface area contributed by atoms with Gasteiger partial charge in [0, 0.05) is 23.2 Å². The second-order valence-corrected chi connectivity index (χ2v) is 8.38. The van der Waals surface area contributed by atoms with E-state index in [2.05, 4.69) is 9.71 Å². The third-order valence-corrected chi connectivity index (χ3v) is 6.17. The summed E-state index contributed by atoms with van der Waals surface area (Å²) in [6, 6.07) is 14.1. The number of fused-ring (bicyclic) bond motifs is 3. The minimum absolute atomic E-state index is 0.0100. The Bertz CT molecular complexity index is 1280. The number of aryl methyl sites for hydroxylation is 1. The van der Waals surface area contributed by atoms with Gasteiger partial charge in [-0.25, -0.2) is 8.42 Å². The zero-order chi connectivity index (χ0) is 20.4. The van der Waals surface area contributed by atoms with Gasteiger partial charge in [0.2, 0.25) is 10.0 Å². The predicted molar refractivity (Wildman–Crippen MR) is 108 cm³/mol. The number of para-hydroxylation sites is 1. The fourth-order valence-electron chi connectivity index (χ4n) is 3.22. The molecule has 0 aliphatic rings. The fraction of sp³-hybridized carbons (Fsp3) is 0.143. The van der Waals surface area contributed by atoms with Gasteiger partial charge < -0.3 is 9.52 Å². The number of pyridine rings is 1. The molecule has 8 heteroatoms. The van der Waals surface area contributed by atoms with E-state index in [1.807, 2.05) is 24.3 Å². The minimum atomic E-state index is -4.04. The van der Waals surface area contributed by atoms with E-state index in [0.29, 0.717) is 23.0 Å². The van der Waals surface area contributed by atoms with Crippen molar-refractivity contribution in [2.24, 2.45) is 0 Å². The minimum Gasteiger partial charge on any atom is -0.480 e. The lowest BCUT2D eigenvalue weighted by molar-refractivity contribution is -0.139. The number of aliphatic carboxylic acids is 1. The molecule has 148 valence electrons. The van der Waals surface area contributed by atoms with Gasteiger partial charge in [0.15, 0.2) is 0 Å². The van der Waals surface area contributed by atoms with E-state index in [1.165, 1.54) is 12.1 Å². The Hall–Kier alpha value is -3.23. The van der Waals surface area contributed by atoms with Gasteiger partial charge >= 0.3 is 5.97 Å². The summed E-state index contributed by atoms with van der Waals surface area (Å²) in [6.07, 6.45) is 3.75. The first kappa shape index (κ1) is 19.1. The molecular formula is C21H18N2O5S. The molecule has 0 aliphatic heterocycles. The Morgan fingerprint density at radius 1 is 1.07 bits per heavy atom. The first-order chi connectivity index (χ1) is 13.9. The second kappa shape index (κ2) is 7.65. The summed E-state index contributed by atoms with van der Waals surface area (Å²) in [5, 5.41) is 10.9. The van der Waals surface area contributed by atoms with Crippen molar-refractivity contribution in [2.45, 2.75) is 23.8 Å². The van der Waals surface area contributed by atoms with Crippen molar-refractivity contribution in [1.82, 2.24) is 9.71 Å². The number of carbonyl (C=O) groups is 1. The Kier molecular flexibility index (Phi) is 5.04. The third kappa shape index (κ3) is 3.98. The highest BCUT2D eigenvalue weighted by molar-refractivity contribution is 7.89. The predicted octanol–water partition coefficient (Wildman–Crippen LogP) is 3.35. The van der Waals surface area contributed by atoms with Crippen LogP contribution in [-0.2, 0) is 21.2 Å². The Labute approximate surface area is 167 Å². The van der Waals surface area contributed by atoms with E-state index >= 15 is 0 Å². The van der Waals surface area contributed by atoms with E-state index in [1.54, 1.807) is 30.6 Å². The number of benzene rings is 2. The number of carboxylic acid groups (broad SMARTS) is 1. The highest BCUT2D eigenvalue weighted by atomic mass is 32.2. The van der Waals surface area contributed by atoms with E-state index in [9.17, 15) is 18.3 Å². The summed E-state index contributed by atoms with van der Waals surface area (Å²) in [5.41, 5.74) is 2.06. The van der Waals surface area contributed by atoms with Gasteiger partial charge in [-0.2, -0.15) is 4.72 Å². The molecule has 0 saturated carbocycles. The van der Waals surface area contributed by atoms with Crippen LogP contribution in [0.15, 0.2) is 76.3 Å². The molecule has 1 atom stereocenters. The number of sulfonamides is 1. The molecule has 0 fully saturated rings. The summed E-state index contributed by atoms with van der Waals surface area (Å²) in [5.74, 6) is -1.23. The van der Waals surface area contributed by atoms with Crippen molar-refractivity contribution >= 4 is 37.9 Å². The van der Waals surface area contributed by atoms with Crippen LogP contribution in [0.3, 0.4) is 0 Å². The quantitative estimate of drug-likeness (QED) is 0.484. The third-order valence-electron chi connectivity index (χ3n) is 4.70. The van der Waals surface area contributed by atoms with Gasteiger partial charge in [0.1, 0.15) is 17.2 Å². The lowest BCUT2D eigenvalue weighted by Crippen LogP contribution is -2.41. The summed E-state index contributed by atoms with van der Waals surface area (Å²) < 4.78 is 33.7. The van der Waals surface area contributed by atoms with Crippen molar-refractivity contribution in [2.75, 3.05) is 0 Å². The summed E-state index contributed by atoms with van der Waals surface area (Å²) in [6.45, 7) is 0. The van der Waals surface area contributed by atoms with Gasteiger partial charge in [0.05, 0.1) is 4.90 Å². The van der Waals surface area contributed by atoms with Gasteiger partial charge in [-0.3, -0.25) is 9.78 Å². The molecule has 0 saturated heterocycles. The van der Waals surface area contributed by atoms with E-state index in [0.717, 1.165) is 10.9 Å². The molecular weight excluding hydrogens is 392 g/mol. The largest absolute Gasteiger partial charge is 0.480 e. The number of hydrogen-bond donors (Lipinski definition) is 2. The molecule has 2 aromatic heterocycles. The van der Waals surface area contributed by atoms with Crippen molar-refractivity contribution in [1.29, 1.82) is 0 Å². The second-order valence-electron chi connectivity index (χ2n) is 6.67. The molecule has 1 unspecified atom stereocenters. The van der Waals surface area contributed by atoms with Gasteiger partial charge in [-0.15, -0.1) is 0 Å². The number of aromatic nitrogens is 1. The SMILES string of the molecule is O=C(O)C(CCc1cccnc1)NS(=O)(=O)c1ccc2oc3ccccc3c2c1. The molecule has 0 bridgehead atoms. The molecule has 29 heavy (non-hydrogen) atoms. The molecule has 0 spiro atoms. The molecule has 2 aromatic carbocycles. The van der Waals surface area contributed by atoms with Crippen molar-refractivity contribution in [3.05, 3.63) is 72.6 Å². The molecule has 4 aromatic rings. The molecule has 0 radical (unpaired) electrons. The van der Waals surface area contributed by atoms with Crippen LogP contribution in [0, 0.1) is 0 Å². The Morgan fingerprint density at radius 3 is 2.62 bits per heavy atom. The van der Waals surface area contributed by atoms with E-state index in [-0.39, 0.29) is 11.3 Å². The van der Waals surface area contributed by atoms with Crippen LogP contribution in [0.4, 0.5) is 0 Å². The lowest BCUT2D eigenvalue weighted by atomic mass is 10.1. The van der Waals surface area contributed by atoms with Crippen molar-refractivity contribution < 1.29 is 22.7 Å². The topological polar surface area (TPSA) is 109 Å². The molecule has 2 N–H and O–H groups in total. The molecule has 0 amide bonds. The van der Waals surface area contributed by atoms with Crippen LogP contribution in [0.5, 0.6) is 0 Å². The van der Waals surface area contributed by atoms with E-state index in [4.69, 9.17) is 4.42 Å². The standard InChI is InChI=1S/C21H18N2O5S/c24-21(25)18(9-7-14-4-3-11-22-13-14)23-29(26,27)15-8-10-20-17(12-15)16-5-1-2-6-19(16)28-20/h1-6,8,10-13,18,23H,7,9H2,(H,24,25). The maximum Gasteiger partial charge on any atom is 0.321 e. The average Bonchev–Trinajstić information content (AvgIpc) is 3.09. The van der Waals surface area contributed by atoms with Crippen molar-refractivity contribution in [3.8, 4) is 0 Å². The Morgan fingerprint density at radius 2 is 1.86 bits per heavy atom. The number of nitrogens with zero attached hydrogens (tertiary/aromatic N) is 1. The monoisotopic (exact) mass is 410 g/mol. The number of rotatable bonds is 7. The first-order valence-corrected chi connectivity index (χ1v) is 10.5. The van der Waals surface area contributed by atoms with Crippen molar-refractivity contribution in [3.63, 3.8) is 0 Å². The van der Waals surface area contributed by atoms with Crippen LogP contribution in [0.1, 0.15) is 12.0 Å².